The number of benzene rings is 4. The summed E-state index contributed by atoms with van der Waals surface area (Å²) in [5.41, 5.74) is 3.49. The van der Waals surface area contributed by atoms with Gasteiger partial charge in [-0.05, 0) is 22.3 Å². The van der Waals surface area contributed by atoms with E-state index in [1.54, 1.807) is 24.3 Å². The Labute approximate surface area is 189 Å². The van der Waals surface area contributed by atoms with Gasteiger partial charge in [0.2, 0.25) is 0 Å². The van der Waals surface area contributed by atoms with Gasteiger partial charge in [-0.25, -0.2) is 0 Å². The van der Waals surface area contributed by atoms with Crippen molar-refractivity contribution >= 4 is 37.7 Å². The Hall–Kier alpha value is -2.26. The molecule has 4 aromatic rings. The van der Waals surface area contributed by atoms with E-state index in [9.17, 15) is 10.2 Å². The third kappa shape index (κ3) is 5.86. The standard InChI is InChI=1S/2C12H10O.Ca/c2*13-12-9-5-4-8-11(12)10-6-2-1-3-7-10;/h2*1-9,13H;/q;;+2/p-2. The van der Waals surface area contributed by atoms with Crippen LogP contribution in [0.1, 0.15) is 0 Å². The van der Waals surface area contributed by atoms with E-state index in [0.717, 1.165) is 22.3 Å². The number of hydrogen-bond donors (Lipinski definition) is 0. The average molecular weight is 378 g/mol. The Balaban J connectivity index is 0.000000187. The SMILES string of the molecule is [Ca+2].[O-]c1ccccc1-c1ccccc1.[O-]c1ccccc1-c1ccccc1. The zero-order chi connectivity index (χ0) is 18.2. The van der Waals surface area contributed by atoms with E-state index in [-0.39, 0.29) is 49.2 Å². The molecule has 0 saturated heterocycles. The van der Waals surface area contributed by atoms with Gasteiger partial charge in [0.1, 0.15) is 0 Å². The van der Waals surface area contributed by atoms with Crippen LogP contribution in [0.3, 0.4) is 0 Å². The van der Waals surface area contributed by atoms with E-state index in [1.165, 1.54) is 0 Å². The summed E-state index contributed by atoms with van der Waals surface area (Å²) in [7, 11) is 0. The molecule has 27 heavy (non-hydrogen) atoms. The normalized spacial score (nSPS) is 9.48. The van der Waals surface area contributed by atoms with Crippen molar-refractivity contribution in [1.29, 1.82) is 0 Å². The number of para-hydroxylation sites is 2. The summed E-state index contributed by atoms with van der Waals surface area (Å²) >= 11 is 0. The van der Waals surface area contributed by atoms with Crippen LogP contribution in [0.15, 0.2) is 109 Å². The monoisotopic (exact) mass is 378 g/mol. The van der Waals surface area contributed by atoms with Gasteiger partial charge in [0, 0.05) is 0 Å². The van der Waals surface area contributed by atoms with E-state index < -0.39 is 0 Å². The molecule has 0 spiro atoms. The van der Waals surface area contributed by atoms with Crippen molar-refractivity contribution in [3.63, 3.8) is 0 Å². The molecule has 128 valence electrons. The molecule has 0 aliphatic heterocycles. The summed E-state index contributed by atoms with van der Waals surface area (Å²) in [6, 6.07) is 33.5. The van der Waals surface area contributed by atoms with Crippen LogP contribution >= 0.6 is 0 Å². The van der Waals surface area contributed by atoms with Crippen LogP contribution in [0.4, 0.5) is 0 Å². The van der Waals surface area contributed by atoms with Crippen molar-refractivity contribution in [1.82, 2.24) is 0 Å². The van der Waals surface area contributed by atoms with Crippen LogP contribution in [-0.2, 0) is 0 Å². The first-order valence-corrected chi connectivity index (χ1v) is 8.38. The van der Waals surface area contributed by atoms with Gasteiger partial charge in [0.15, 0.2) is 0 Å². The van der Waals surface area contributed by atoms with E-state index in [0.29, 0.717) is 0 Å². The minimum absolute atomic E-state index is 0. The summed E-state index contributed by atoms with van der Waals surface area (Å²) in [6.07, 6.45) is 0. The molecule has 0 atom stereocenters. The van der Waals surface area contributed by atoms with Crippen molar-refractivity contribution in [3.8, 4) is 33.8 Å². The minimum atomic E-state index is 0. The minimum Gasteiger partial charge on any atom is -0.872 e. The maximum Gasteiger partial charge on any atom is 2.00 e. The average Bonchev–Trinajstić information content (AvgIpc) is 2.71. The Bertz CT molecular complexity index is 873. The van der Waals surface area contributed by atoms with E-state index in [1.807, 2.05) is 84.9 Å². The van der Waals surface area contributed by atoms with Crippen molar-refractivity contribution < 1.29 is 10.2 Å². The molecule has 0 fully saturated rings. The molecule has 0 aliphatic rings. The van der Waals surface area contributed by atoms with Gasteiger partial charge in [-0.15, -0.1) is 11.5 Å². The molecule has 0 aliphatic carbocycles. The van der Waals surface area contributed by atoms with Crippen molar-refractivity contribution in [2.24, 2.45) is 0 Å². The fourth-order valence-corrected chi connectivity index (χ4v) is 2.65. The quantitative estimate of drug-likeness (QED) is 0.483. The predicted octanol–water partition coefficient (Wildman–Crippen LogP) is 4.47. The maximum absolute atomic E-state index is 11.4. The molecule has 0 unspecified atom stereocenters. The molecule has 0 bridgehead atoms. The van der Waals surface area contributed by atoms with Crippen LogP contribution in [0.2, 0.25) is 0 Å². The summed E-state index contributed by atoms with van der Waals surface area (Å²) in [4.78, 5) is 0. The van der Waals surface area contributed by atoms with E-state index >= 15 is 0 Å². The second-order valence-corrected chi connectivity index (χ2v) is 5.72. The number of hydrogen-bond acceptors (Lipinski definition) is 2. The van der Waals surface area contributed by atoms with Crippen molar-refractivity contribution in [2.75, 3.05) is 0 Å². The molecule has 4 rings (SSSR count). The topological polar surface area (TPSA) is 46.1 Å². The Morgan fingerprint density at radius 3 is 1.00 bits per heavy atom. The van der Waals surface area contributed by atoms with Gasteiger partial charge in [0.05, 0.1) is 0 Å². The molecular formula is C24H18CaO2. The van der Waals surface area contributed by atoms with Crippen LogP contribution in [0.25, 0.3) is 22.3 Å². The van der Waals surface area contributed by atoms with Gasteiger partial charge in [0.25, 0.3) is 0 Å². The molecule has 0 aromatic heterocycles. The molecule has 0 radical (unpaired) electrons. The van der Waals surface area contributed by atoms with Crippen LogP contribution in [0, 0.1) is 0 Å². The van der Waals surface area contributed by atoms with Crippen molar-refractivity contribution in [2.45, 2.75) is 0 Å². The fourth-order valence-electron chi connectivity index (χ4n) is 2.65. The van der Waals surface area contributed by atoms with Gasteiger partial charge in [-0.1, -0.05) is 109 Å². The molecule has 3 heteroatoms. The third-order valence-electron chi connectivity index (χ3n) is 3.94. The summed E-state index contributed by atoms with van der Waals surface area (Å²) in [6.45, 7) is 0. The zero-order valence-electron chi connectivity index (χ0n) is 14.9. The Morgan fingerprint density at radius 2 is 0.667 bits per heavy atom. The second-order valence-electron chi connectivity index (χ2n) is 5.72. The predicted molar refractivity (Wildman–Crippen MR) is 108 cm³/mol. The largest absolute Gasteiger partial charge is 2.00 e. The van der Waals surface area contributed by atoms with Gasteiger partial charge >= 0.3 is 37.7 Å². The Kier molecular flexibility index (Phi) is 8.41. The summed E-state index contributed by atoms with van der Waals surface area (Å²) in [5, 5.41) is 22.8. The van der Waals surface area contributed by atoms with Crippen LogP contribution in [-0.4, -0.2) is 37.7 Å². The molecule has 0 N–H and O–H groups in total. The Morgan fingerprint density at radius 1 is 0.370 bits per heavy atom. The van der Waals surface area contributed by atoms with Crippen LogP contribution in [0.5, 0.6) is 11.5 Å². The van der Waals surface area contributed by atoms with E-state index in [4.69, 9.17) is 0 Å². The van der Waals surface area contributed by atoms with Gasteiger partial charge < -0.3 is 10.2 Å². The molecule has 0 saturated carbocycles. The number of rotatable bonds is 2. The van der Waals surface area contributed by atoms with Crippen molar-refractivity contribution in [3.05, 3.63) is 109 Å². The smallest absolute Gasteiger partial charge is 0.872 e. The third-order valence-corrected chi connectivity index (χ3v) is 3.94. The first kappa shape index (κ1) is 21.0. The molecule has 2 nitrogen and oxygen atoms in total. The second kappa shape index (κ2) is 10.8. The molecule has 0 heterocycles. The summed E-state index contributed by atoms with van der Waals surface area (Å²) < 4.78 is 0. The van der Waals surface area contributed by atoms with Gasteiger partial charge in [-0.3, -0.25) is 0 Å². The van der Waals surface area contributed by atoms with Gasteiger partial charge in [-0.2, -0.15) is 0 Å². The fraction of sp³-hybridized carbons (Fsp3) is 0. The molecule has 0 amide bonds. The molecule has 4 aromatic carbocycles. The maximum atomic E-state index is 11.4. The van der Waals surface area contributed by atoms with Crippen LogP contribution < -0.4 is 10.2 Å². The summed E-state index contributed by atoms with van der Waals surface area (Å²) in [5.74, 6) is 0.155. The molecular weight excluding hydrogens is 360 g/mol. The first-order chi connectivity index (χ1) is 12.8. The zero-order valence-corrected chi connectivity index (χ0v) is 17.1. The first-order valence-electron chi connectivity index (χ1n) is 8.38. The van der Waals surface area contributed by atoms with E-state index in [2.05, 4.69) is 0 Å².